The zero-order chi connectivity index (χ0) is 11.4. The summed E-state index contributed by atoms with van der Waals surface area (Å²) in [6, 6.07) is 5.78. The third kappa shape index (κ3) is 2.93. The third-order valence-corrected chi connectivity index (χ3v) is 2.86. The van der Waals surface area contributed by atoms with E-state index in [1.54, 1.807) is 7.11 Å². The van der Waals surface area contributed by atoms with Crippen molar-refractivity contribution in [1.82, 2.24) is 9.88 Å². The SMILES string of the molecule is COc1cccc(CN2CCC[C@H](O)C2)n1. The van der Waals surface area contributed by atoms with Crippen LogP contribution in [0, 0.1) is 0 Å². The van der Waals surface area contributed by atoms with Gasteiger partial charge in [-0.15, -0.1) is 0 Å². The molecule has 0 unspecified atom stereocenters. The van der Waals surface area contributed by atoms with Gasteiger partial charge in [0.1, 0.15) is 0 Å². The lowest BCUT2D eigenvalue weighted by atomic mass is 10.1. The summed E-state index contributed by atoms with van der Waals surface area (Å²) >= 11 is 0. The standard InChI is InChI=1S/C12H18N2O2/c1-16-12-6-2-4-10(13-12)8-14-7-3-5-11(15)9-14/h2,4,6,11,15H,3,5,7-9H2,1H3/t11-/m0/s1. The average Bonchev–Trinajstić information content (AvgIpc) is 2.29. The molecule has 0 aliphatic carbocycles. The van der Waals surface area contributed by atoms with Gasteiger partial charge in [0.15, 0.2) is 0 Å². The lowest BCUT2D eigenvalue weighted by molar-refractivity contribution is 0.0661. The molecule has 4 heteroatoms. The molecule has 0 bridgehead atoms. The molecule has 88 valence electrons. The Balaban J connectivity index is 1.97. The van der Waals surface area contributed by atoms with Crippen molar-refractivity contribution in [3.8, 4) is 5.88 Å². The van der Waals surface area contributed by atoms with E-state index in [9.17, 15) is 5.11 Å². The number of methoxy groups -OCH3 is 1. The van der Waals surface area contributed by atoms with Crippen LogP contribution in [0.3, 0.4) is 0 Å². The van der Waals surface area contributed by atoms with Gasteiger partial charge in [0.05, 0.1) is 18.9 Å². The number of ether oxygens (including phenoxy) is 1. The molecule has 1 saturated heterocycles. The van der Waals surface area contributed by atoms with Crippen molar-refractivity contribution in [2.45, 2.75) is 25.5 Å². The maximum absolute atomic E-state index is 9.57. The highest BCUT2D eigenvalue weighted by Crippen LogP contribution is 2.14. The second-order valence-electron chi connectivity index (χ2n) is 4.20. The van der Waals surface area contributed by atoms with Gasteiger partial charge in [-0.3, -0.25) is 4.90 Å². The van der Waals surface area contributed by atoms with Crippen LogP contribution < -0.4 is 4.74 Å². The second-order valence-corrected chi connectivity index (χ2v) is 4.20. The first-order valence-corrected chi connectivity index (χ1v) is 5.68. The minimum Gasteiger partial charge on any atom is -0.481 e. The van der Waals surface area contributed by atoms with Crippen LogP contribution in [0.2, 0.25) is 0 Å². The summed E-state index contributed by atoms with van der Waals surface area (Å²) in [6.45, 7) is 2.57. The summed E-state index contributed by atoms with van der Waals surface area (Å²) in [5.41, 5.74) is 0.994. The number of aliphatic hydroxyl groups is 1. The Morgan fingerprint density at radius 1 is 1.56 bits per heavy atom. The first-order valence-electron chi connectivity index (χ1n) is 5.68. The normalized spacial score (nSPS) is 22.0. The molecule has 1 N–H and O–H groups in total. The minimum atomic E-state index is -0.181. The largest absolute Gasteiger partial charge is 0.481 e. The fraction of sp³-hybridized carbons (Fsp3) is 0.583. The third-order valence-electron chi connectivity index (χ3n) is 2.86. The van der Waals surface area contributed by atoms with Crippen LogP contribution in [0.1, 0.15) is 18.5 Å². The van der Waals surface area contributed by atoms with Crippen LogP contribution in [0.15, 0.2) is 18.2 Å². The molecule has 16 heavy (non-hydrogen) atoms. The first kappa shape index (κ1) is 11.4. The Kier molecular flexibility index (Phi) is 3.74. The van der Waals surface area contributed by atoms with Crippen LogP contribution in [0.25, 0.3) is 0 Å². The monoisotopic (exact) mass is 222 g/mol. The summed E-state index contributed by atoms with van der Waals surface area (Å²) in [5.74, 6) is 0.648. The maximum Gasteiger partial charge on any atom is 0.213 e. The van der Waals surface area contributed by atoms with Crippen LogP contribution in [-0.4, -0.2) is 41.3 Å². The quantitative estimate of drug-likeness (QED) is 0.830. The van der Waals surface area contributed by atoms with Crippen molar-refractivity contribution in [1.29, 1.82) is 0 Å². The van der Waals surface area contributed by atoms with E-state index >= 15 is 0 Å². The zero-order valence-electron chi connectivity index (χ0n) is 9.59. The first-order chi connectivity index (χ1) is 7.78. The molecule has 1 aliphatic rings. The topological polar surface area (TPSA) is 45.6 Å². The molecule has 1 aromatic rings. The number of rotatable bonds is 3. The number of pyridine rings is 1. The summed E-state index contributed by atoms with van der Waals surface area (Å²) < 4.78 is 5.09. The van der Waals surface area contributed by atoms with Crippen molar-refractivity contribution in [2.75, 3.05) is 20.2 Å². The number of aromatic nitrogens is 1. The van der Waals surface area contributed by atoms with E-state index in [1.807, 2.05) is 18.2 Å². The van der Waals surface area contributed by atoms with Gasteiger partial charge < -0.3 is 9.84 Å². The summed E-state index contributed by atoms with van der Waals surface area (Å²) in [7, 11) is 1.62. The van der Waals surface area contributed by atoms with E-state index in [1.165, 1.54) is 0 Å². The molecule has 0 amide bonds. The van der Waals surface area contributed by atoms with Gasteiger partial charge in [0, 0.05) is 19.2 Å². The molecule has 0 radical (unpaired) electrons. The summed E-state index contributed by atoms with van der Waals surface area (Å²) in [4.78, 5) is 6.60. The molecule has 2 rings (SSSR count). The van der Waals surface area contributed by atoms with Gasteiger partial charge >= 0.3 is 0 Å². The molecule has 1 aliphatic heterocycles. The number of likely N-dealkylation sites (tertiary alicyclic amines) is 1. The van der Waals surface area contributed by atoms with Crippen LogP contribution >= 0.6 is 0 Å². The number of piperidine rings is 1. The second kappa shape index (κ2) is 5.27. The lowest BCUT2D eigenvalue weighted by Crippen LogP contribution is -2.37. The number of hydrogen-bond acceptors (Lipinski definition) is 4. The van der Waals surface area contributed by atoms with Crippen molar-refractivity contribution in [3.63, 3.8) is 0 Å². The van der Waals surface area contributed by atoms with Crippen molar-refractivity contribution in [2.24, 2.45) is 0 Å². The van der Waals surface area contributed by atoms with Crippen molar-refractivity contribution < 1.29 is 9.84 Å². The summed E-state index contributed by atoms with van der Waals surface area (Å²) in [6.07, 6.45) is 1.80. The Morgan fingerprint density at radius 2 is 2.44 bits per heavy atom. The molecule has 2 heterocycles. The van der Waals surface area contributed by atoms with Gasteiger partial charge in [0.25, 0.3) is 0 Å². The molecule has 0 aromatic carbocycles. The lowest BCUT2D eigenvalue weighted by Gasteiger charge is -2.29. The molecule has 1 fully saturated rings. The van der Waals surface area contributed by atoms with Gasteiger partial charge in [-0.1, -0.05) is 6.07 Å². The minimum absolute atomic E-state index is 0.181. The smallest absolute Gasteiger partial charge is 0.213 e. The van der Waals surface area contributed by atoms with Gasteiger partial charge in [-0.25, -0.2) is 4.98 Å². The van der Waals surface area contributed by atoms with E-state index in [0.717, 1.165) is 38.2 Å². The Hall–Kier alpha value is -1.13. The molecular weight excluding hydrogens is 204 g/mol. The Morgan fingerprint density at radius 3 is 3.19 bits per heavy atom. The highest BCUT2D eigenvalue weighted by atomic mass is 16.5. The Labute approximate surface area is 95.9 Å². The fourth-order valence-corrected chi connectivity index (χ4v) is 2.06. The van der Waals surface area contributed by atoms with E-state index < -0.39 is 0 Å². The highest BCUT2D eigenvalue weighted by Gasteiger charge is 2.17. The molecule has 0 spiro atoms. The molecule has 0 saturated carbocycles. The molecule has 1 atom stereocenters. The summed E-state index contributed by atoms with van der Waals surface area (Å²) in [5, 5.41) is 9.57. The zero-order valence-corrected chi connectivity index (χ0v) is 9.59. The number of nitrogens with zero attached hydrogens (tertiary/aromatic N) is 2. The predicted octanol–water partition coefficient (Wildman–Crippen LogP) is 1.05. The van der Waals surface area contributed by atoms with E-state index in [4.69, 9.17) is 4.74 Å². The fourth-order valence-electron chi connectivity index (χ4n) is 2.06. The molecule has 1 aromatic heterocycles. The van der Waals surface area contributed by atoms with E-state index in [-0.39, 0.29) is 6.10 Å². The van der Waals surface area contributed by atoms with Crippen LogP contribution in [0.5, 0.6) is 5.88 Å². The maximum atomic E-state index is 9.57. The molecular formula is C12H18N2O2. The van der Waals surface area contributed by atoms with Gasteiger partial charge in [0.2, 0.25) is 5.88 Å². The van der Waals surface area contributed by atoms with Crippen molar-refractivity contribution in [3.05, 3.63) is 23.9 Å². The Bertz CT molecular complexity index is 344. The highest BCUT2D eigenvalue weighted by molar-refractivity contribution is 5.15. The number of hydrogen-bond donors (Lipinski definition) is 1. The van der Waals surface area contributed by atoms with E-state index in [0.29, 0.717) is 5.88 Å². The predicted molar refractivity (Wildman–Crippen MR) is 61.3 cm³/mol. The van der Waals surface area contributed by atoms with E-state index in [2.05, 4.69) is 9.88 Å². The van der Waals surface area contributed by atoms with Crippen molar-refractivity contribution >= 4 is 0 Å². The number of β-amino-alcohol motifs (C(OH)–C–C–N with tert-alkyl or cyclic N) is 1. The molecule has 4 nitrogen and oxygen atoms in total. The van der Waals surface area contributed by atoms with Gasteiger partial charge in [-0.2, -0.15) is 0 Å². The van der Waals surface area contributed by atoms with Gasteiger partial charge in [-0.05, 0) is 25.5 Å². The van der Waals surface area contributed by atoms with Crippen LogP contribution in [0.4, 0.5) is 0 Å². The number of aliphatic hydroxyl groups excluding tert-OH is 1. The average molecular weight is 222 g/mol. The van der Waals surface area contributed by atoms with Crippen LogP contribution in [-0.2, 0) is 6.54 Å².